The van der Waals surface area contributed by atoms with Crippen molar-refractivity contribution in [2.45, 2.75) is 26.4 Å². The number of aryl methyl sites for hydroxylation is 1. The number of carbonyl (C=O) groups is 1. The average Bonchev–Trinajstić information content (AvgIpc) is 3.38. The van der Waals surface area contributed by atoms with Gasteiger partial charge in [-0.05, 0) is 18.9 Å². The van der Waals surface area contributed by atoms with E-state index >= 15 is 0 Å². The van der Waals surface area contributed by atoms with E-state index in [2.05, 4.69) is 25.5 Å². The quantitative estimate of drug-likeness (QED) is 0.662. The first-order chi connectivity index (χ1) is 14.1. The van der Waals surface area contributed by atoms with E-state index in [0.29, 0.717) is 19.6 Å². The number of carbonyl (C=O) groups excluding carboxylic acids is 1. The zero-order valence-corrected chi connectivity index (χ0v) is 16.3. The van der Waals surface area contributed by atoms with E-state index in [4.69, 9.17) is 0 Å². The summed E-state index contributed by atoms with van der Waals surface area (Å²) in [5.41, 5.74) is 3.59. The summed E-state index contributed by atoms with van der Waals surface area (Å²) < 4.78 is 1.45. The molecule has 8 heteroatoms. The number of hydrogen-bond acceptors (Lipinski definition) is 5. The Morgan fingerprint density at radius 3 is 2.83 bits per heavy atom. The Kier molecular flexibility index (Phi) is 5.41. The molecule has 2 N–H and O–H groups in total. The van der Waals surface area contributed by atoms with Gasteiger partial charge in [-0.1, -0.05) is 30.3 Å². The highest BCUT2D eigenvalue weighted by molar-refractivity contribution is 5.80. The van der Waals surface area contributed by atoms with Crippen LogP contribution in [0.15, 0.2) is 53.6 Å². The van der Waals surface area contributed by atoms with Crippen molar-refractivity contribution in [3.63, 3.8) is 0 Å². The largest absolute Gasteiger partial charge is 0.369 e. The van der Waals surface area contributed by atoms with Crippen LogP contribution in [0.3, 0.4) is 0 Å². The zero-order chi connectivity index (χ0) is 20.2. The molecule has 1 aromatic carbocycles. The van der Waals surface area contributed by atoms with E-state index in [-0.39, 0.29) is 17.4 Å². The summed E-state index contributed by atoms with van der Waals surface area (Å²) in [5.74, 6) is -0.0764. The van der Waals surface area contributed by atoms with Crippen LogP contribution in [-0.4, -0.2) is 39.0 Å². The van der Waals surface area contributed by atoms with Gasteiger partial charge in [0.15, 0.2) is 0 Å². The van der Waals surface area contributed by atoms with Gasteiger partial charge in [-0.3, -0.25) is 14.7 Å². The molecule has 2 aromatic heterocycles. The number of rotatable bonds is 6. The Hall–Kier alpha value is -3.42. The molecule has 29 heavy (non-hydrogen) atoms. The molecule has 0 bridgehead atoms. The molecule has 0 aliphatic carbocycles. The Morgan fingerprint density at radius 2 is 2.10 bits per heavy atom. The van der Waals surface area contributed by atoms with Crippen molar-refractivity contribution in [3.05, 3.63) is 76.0 Å². The number of benzene rings is 1. The summed E-state index contributed by atoms with van der Waals surface area (Å²) in [7, 11) is 0. The number of aromatic nitrogens is 4. The highest BCUT2D eigenvalue weighted by Gasteiger charge is 2.28. The lowest BCUT2D eigenvalue weighted by atomic mass is 10.1. The Morgan fingerprint density at radius 1 is 1.28 bits per heavy atom. The summed E-state index contributed by atoms with van der Waals surface area (Å²) in [4.78, 5) is 27.0. The van der Waals surface area contributed by atoms with Crippen LogP contribution in [0.1, 0.15) is 23.2 Å². The molecule has 8 nitrogen and oxygen atoms in total. The van der Waals surface area contributed by atoms with Gasteiger partial charge < -0.3 is 10.2 Å². The lowest BCUT2D eigenvalue weighted by molar-refractivity contribution is -0.124. The van der Waals surface area contributed by atoms with Crippen molar-refractivity contribution in [1.29, 1.82) is 0 Å². The number of anilines is 1. The van der Waals surface area contributed by atoms with Gasteiger partial charge in [0.2, 0.25) is 5.91 Å². The van der Waals surface area contributed by atoms with Gasteiger partial charge in [0.1, 0.15) is 0 Å². The number of nitrogens with one attached hydrogen (secondary N) is 2. The highest BCUT2D eigenvalue weighted by atomic mass is 16.2. The van der Waals surface area contributed by atoms with Gasteiger partial charge >= 0.3 is 0 Å². The highest BCUT2D eigenvalue weighted by Crippen LogP contribution is 2.22. The smallest absolute Gasteiger partial charge is 0.269 e. The van der Waals surface area contributed by atoms with Crippen LogP contribution in [0, 0.1) is 12.8 Å². The number of nitrogens with zero attached hydrogens (tertiary/aromatic N) is 4. The molecule has 0 radical (unpaired) electrons. The van der Waals surface area contributed by atoms with Gasteiger partial charge in [-0.2, -0.15) is 10.2 Å². The minimum Gasteiger partial charge on any atom is -0.369 e. The molecule has 0 unspecified atom stereocenters. The van der Waals surface area contributed by atoms with Crippen molar-refractivity contribution < 1.29 is 4.79 Å². The molecule has 1 atom stereocenters. The SMILES string of the molecule is Cc1[nH]ncc1CNC(=O)[C@H]1CCN(c2cnn(Cc3ccccc3)c(=O)c2)C1. The minimum atomic E-state index is -0.144. The summed E-state index contributed by atoms with van der Waals surface area (Å²) >= 11 is 0. The maximum atomic E-state index is 12.5. The van der Waals surface area contributed by atoms with Crippen LogP contribution >= 0.6 is 0 Å². The van der Waals surface area contributed by atoms with Crippen LogP contribution < -0.4 is 15.8 Å². The van der Waals surface area contributed by atoms with E-state index in [1.54, 1.807) is 18.5 Å². The molecule has 3 heterocycles. The van der Waals surface area contributed by atoms with Crippen molar-refractivity contribution in [1.82, 2.24) is 25.3 Å². The van der Waals surface area contributed by atoms with Gasteiger partial charge in [0.05, 0.1) is 30.5 Å². The van der Waals surface area contributed by atoms with E-state index < -0.39 is 0 Å². The molecule has 4 rings (SSSR count). The second kappa shape index (κ2) is 8.30. The van der Waals surface area contributed by atoms with E-state index in [1.165, 1.54) is 4.68 Å². The monoisotopic (exact) mass is 392 g/mol. The summed E-state index contributed by atoms with van der Waals surface area (Å²) in [5, 5.41) is 14.1. The molecule has 0 spiro atoms. The van der Waals surface area contributed by atoms with Gasteiger partial charge in [0, 0.05) is 37.0 Å². The van der Waals surface area contributed by atoms with Gasteiger partial charge in [-0.15, -0.1) is 0 Å². The van der Waals surface area contributed by atoms with Crippen molar-refractivity contribution in [3.8, 4) is 0 Å². The van der Waals surface area contributed by atoms with Crippen LogP contribution in [0.25, 0.3) is 0 Å². The van der Waals surface area contributed by atoms with Crippen LogP contribution in [0.2, 0.25) is 0 Å². The lowest BCUT2D eigenvalue weighted by Gasteiger charge is -2.18. The molecule has 0 saturated carbocycles. The minimum absolute atomic E-state index is 0.0264. The fraction of sp³-hybridized carbons (Fsp3) is 0.333. The maximum Gasteiger partial charge on any atom is 0.269 e. The predicted molar refractivity (Wildman–Crippen MR) is 110 cm³/mol. The number of H-pyrrole nitrogens is 1. The average molecular weight is 392 g/mol. The van der Waals surface area contributed by atoms with Crippen molar-refractivity contribution in [2.75, 3.05) is 18.0 Å². The Bertz CT molecular complexity index is 1040. The van der Waals surface area contributed by atoms with Gasteiger partial charge in [0.25, 0.3) is 5.56 Å². The van der Waals surface area contributed by atoms with Crippen LogP contribution in [0.4, 0.5) is 5.69 Å². The molecule has 1 aliphatic heterocycles. The summed E-state index contributed by atoms with van der Waals surface area (Å²) in [6, 6.07) is 11.4. The zero-order valence-electron chi connectivity index (χ0n) is 16.3. The Labute approximate surface area is 168 Å². The number of amides is 1. The first-order valence-corrected chi connectivity index (χ1v) is 9.73. The van der Waals surface area contributed by atoms with E-state index in [9.17, 15) is 9.59 Å². The number of hydrogen-bond donors (Lipinski definition) is 2. The van der Waals surface area contributed by atoms with E-state index in [1.807, 2.05) is 37.3 Å². The fourth-order valence-corrected chi connectivity index (χ4v) is 3.56. The standard InChI is InChI=1S/C21H24N6O2/c1-15-18(11-23-25-15)10-22-21(29)17-7-8-26(14-17)19-9-20(28)27(24-12-19)13-16-5-3-2-4-6-16/h2-6,9,11-12,17H,7-8,10,13-14H2,1H3,(H,22,29)(H,23,25)/t17-/m0/s1. The van der Waals surface area contributed by atoms with Crippen LogP contribution in [-0.2, 0) is 17.9 Å². The van der Waals surface area contributed by atoms with Crippen LogP contribution in [0.5, 0.6) is 0 Å². The molecule has 1 fully saturated rings. The first-order valence-electron chi connectivity index (χ1n) is 9.73. The number of aromatic amines is 1. The maximum absolute atomic E-state index is 12.5. The molecular formula is C21H24N6O2. The molecule has 1 amide bonds. The third kappa shape index (κ3) is 4.37. The lowest BCUT2D eigenvalue weighted by Crippen LogP contribution is -2.33. The fourth-order valence-electron chi connectivity index (χ4n) is 3.56. The Balaban J connectivity index is 1.36. The van der Waals surface area contributed by atoms with Crippen molar-refractivity contribution in [2.24, 2.45) is 5.92 Å². The second-order valence-electron chi connectivity index (χ2n) is 7.36. The third-order valence-electron chi connectivity index (χ3n) is 5.34. The molecule has 3 aromatic rings. The second-order valence-corrected chi connectivity index (χ2v) is 7.36. The van der Waals surface area contributed by atoms with Crippen molar-refractivity contribution >= 4 is 11.6 Å². The normalized spacial score (nSPS) is 16.2. The first kappa shape index (κ1) is 18.9. The topological polar surface area (TPSA) is 95.9 Å². The molecule has 1 aliphatic rings. The summed E-state index contributed by atoms with van der Waals surface area (Å²) in [6.45, 7) is 4.15. The predicted octanol–water partition coefficient (Wildman–Crippen LogP) is 1.47. The molecule has 1 saturated heterocycles. The van der Waals surface area contributed by atoms with E-state index in [0.717, 1.165) is 35.5 Å². The molecule has 150 valence electrons. The third-order valence-corrected chi connectivity index (χ3v) is 5.34. The van der Waals surface area contributed by atoms with Gasteiger partial charge in [-0.25, -0.2) is 4.68 Å². The molecular weight excluding hydrogens is 368 g/mol. The summed E-state index contributed by atoms with van der Waals surface area (Å²) in [6.07, 6.45) is 4.19.